The summed E-state index contributed by atoms with van der Waals surface area (Å²) in [7, 11) is 2.00. The highest BCUT2D eigenvalue weighted by atomic mass is 15.3. The molecule has 0 aliphatic heterocycles. The van der Waals surface area contributed by atoms with Gasteiger partial charge in [0.15, 0.2) is 0 Å². The minimum Gasteiger partial charge on any atom is -0.346 e. The molecule has 0 aromatic carbocycles. The van der Waals surface area contributed by atoms with E-state index in [1.807, 2.05) is 25.5 Å². The maximum atomic E-state index is 4.61. The van der Waals surface area contributed by atoms with Crippen LogP contribution in [-0.2, 0) is 0 Å². The van der Waals surface area contributed by atoms with Gasteiger partial charge in [0, 0.05) is 29.9 Å². The molecule has 6 heteroatoms. The first-order chi connectivity index (χ1) is 10.9. The normalized spacial score (nSPS) is 16.8. The summed E-state index contributed by atoms with van der Waals surface area (Å²) in [4.78, 5) is 11.8. The molecule has 2 N–H and O–H groups in total. The molecule has 3 aromatic rings. The van der Waals surface area contributed by atoms with Crippen LogP contribution >= 0.6 is 0 Å². The van der Waals surface area contributed by atoms with E-state index in [1.165, 1.54) is 19.3 Å². The lowest BCUT2D eigenvalue weighted by atomic mass is 9.79. The van der Waals surface area contributed by atoms with Crippen molar-refractivity contribution in [2.45, 2.75) is 25.3 Å². The Morgan fingerprint density at radius 3 is 3.09 bits per heavy atom. The van der Waals surface area contributed by atoms with Crippen molar-refractivity contribution in [3.05, 3.63) is 31.0 Å². The van der Waals surface area contributed by atoms with Crippen LogP contribution in [-0.4, -0.2) is 38.3 Å². The van der Waals surface area contributed by atoms with Gasteiger partial charge in [-0.25, -0.2) is 9.97 Å². The summed E-state index contributed by atoms with van der Waals surface area (Å²) in [6.07, 6.45) is 11.5. The van der Waals surface area contributed by atoms with Crippen molar-refractivity contribution in [1.82, 2.24) is 30.0 Å². The molecule has 0 saturated heterocycles. The van der Waals surface area contributed by atoms with Gasteiger partial charge in [-0.2, -0.15) is 5.10 Å². The van der Waals surface area contributed by atoms with Gasteiger partial charge in [-0.3, -0.25) is 4.68 Å². The molecule has 4 rings (SSSR count). The third-order valence-electron chi connectivity index (χ3n) is 4.68. The first-order valence-corrected chi connectivity index (χ1v) is 7.84. The number of aromatic nitrogens is 5. The summed E-state index contributed by atoms with van der Waals surface area (Å²) < 4.78 is 2.11. The first-order valence-electron chi connectivity index (χ1n) is 7.84. The fraction of sp³-hybridized carbons (Fsp3) is 0.438. The summed E-state index contributed by atoms with van der Waals surface area (Å²) in [5.41, 5.74) is 2.85. The van der Waals surface area contributed by atoms with Crippen LogP contribution in [0.25, 0.3) is 22.3 Å². The Kier molecular flexibility index (Phi) is 3.38. The lowest BCUT2D eigenvalue weighted by Crippen LogP contribution is -2.32. The molecule has 22 heavy (non-hydrogen) atoms. The maximum Gasteiger partial charge on any atom is 0.141 e. The van der Waals surface area contributed by atoms with E-state index in [9.17, 15) is 0 Å². The van der Waals surface area contributed by atoms with Crippen molar-refractivity contribution in [3.8, 4) is 11.3 Å². The lowest BCUT2D eigenvalue weighted by Gasteiger charge is -2.33. The fourth-order valence-electron chi connectivity index (χ4n) is 3.25. The molecular weight excluding hydrogens is 276 g/mol. The number of H-pyrrole nitrogens is 1. The third kappa shape index (κ3) is 2.20. The van der Waals surface area contributed by atoms with Crippen LogP contribution in [0.5, 0.6) is 0 Å². The van der Waals surface area contributed by atoms with Gasteiger partial charge in [-0.05, 0) is 31.9 Å². The van der Waals surface area contributed by atoms with Crippen LogP contribution in [0.3, 0.4) is 0 Å². The number of hydrogen-bond donors (Lipinski definition) is 2. The van der Waals surface area contributed by atoms with Gasteiger partial charge in [0.2, 0.25) is 0 Å². The Morgan fingerprint density at radius 1 is 1.41 bits per heavy atom. The third-order valence-corrected chi connectivity index (χ3v) is 4.68. The SMILES string of the molecule is CNCC(C1CCC1)n1cc(-c2ncnc3[nH]ccc23)cn1. The average molecular weight is 296 g/mol. The van der Waals surface area contributed by atoms with Crippen molar-refractivity contribution in [2.75, 3.05) is 13.6 Å². The zero-order valence-electron chi connectivity index (χ0n) is 12.7. The van der Waals surface area contributed by atoms with E-state index in [1.54, 1.807) is 6.33 Å². The van der Waals surface area contributed by atoms with Gasteiger partial charge in [-0.1, -0.05) is 6.42 Å². The number of rotatable bonds is 5. The standard InChI is InChI=1S/C16H20N6/c1-17-8-14(11-3-2-4-11)22-9-12(7-21-22)15-13-5-6-18-16(13)20-10-19-15/h5-7,9-11,14,17H,2-4,8H2,1H3,(H,18,19,20). The first kappa shape index (κ1) is 13.5. The highest BCUT2D eigenvalue weighted by Crippen LogP contribution is 2.36. The molecule has 1 unspecified atom stereocenters. The maximum absolute atomic E-state index is 4.61. The Labute approximate surface area is 129 Å². The number of fused-ring (bicyclic) bond motifs is 1. The molecule has 1 fully saturated rings. The van der Waals surface area contributed by atoms with Crippen molar-refractivity contribution >= 4 is 11.0 Å². The molecule has 0 radical (unpaired) electrons. The second-order valence-electron chi connectivity index (χ2n) is 5.99. The molecule has 3 aromatic heterocycles. The Hall–Kier alpha value is -2.21. The van der Waals surface area contributed by atoms with E-state index in [-0.39, 0.29) is 0 Å². The van der Waals surface area contributed by atoms with Crippen LogP contribution in [0.1, 0.15) is 25.3 Å². The molecule has 1 aliphatic rings. The van der Waals surface area contributed by atoms with Gasteiger partial charge in [0.1, 0.15) is 12.0 Å². The topological polar surface area (TPSA) is 71.4 Å². The second-order valence-corrected chi connectivity index (χ2v) is 5.99. The molecule has 0 amide bonds. The quantitative estimate of drug-likeness (QED) is 0.758. The van der Waals surface area contributed by atoms with E-state index >= 15 is 0 Å². The summed E-state index contributed by atoms with van der Waals surface area (Å²) in [5.74, 6) is 0.734. The Bertz CT molecular complexity index is 770. The highest BCUT2D eigenvalue weighted by Gasteiger charge is 2.28. The minimum absolute atomic E-state index is 0.427. The van der Waals surface area contributed by atoms with Gasteiger partial charge in [-0.15, -0.1) is 0 Å². The van der Waals surface area contributed by atoms with Crippen LogP contribution in [0.2, 0.25) is 0 Å². The van der Waals surface area contributed by atoms with Crippen molar-refractivity contribution in [2.24, 2.45) is 5.92 Å². The monoisotopic (exact) mass is 296 g/mol. The molecule has 0 spiro atoms. The van der Waals surface area contributed by atoms with Crippen LogP contribution in [0.4, 0.5) is 0 Å². The zero-order chi connectivity index (χ0) is 14.9. The highest BCUT2D eigenvalue weighted by molar-refractivity contribution is 5.89. The summed E-state index contributed by atoms with van der Waals surface area (Å²) in [6, 6.07) is 2.44. The molecule has 0 bridgehead atoms. The Morgan fingerprint density at radius 2 is 2.32 bits per heavy atom. The van der Waals surface area contributed by atoms with E-state index in [2.05, 4.69) is 36.2 Å². The second kappa shape index (κ2) is 5.53. The fourth-order valence-corrected chi connectivity index (χ4v) is 3.25. The zero-order valence-corrected chi connectivity index (χ0v) is 12.7. The molecule has 1 saturated carbocycles. The number of hydrogen-bond acceptors (Lipinski definition) is 4. The lowest BCUT2D eigenvalue weighted by molar-refractivity contribution is 0.194. The largest absolute Gasteiger partial charge is 0.346 e. The van der Waals surface area contributed by atoms with E-state index < -0.39 is 0 Å². The van der Waals surface area contributed by atoms with E-state index in [0.717, 1.165) is 34.8 Å². The van der Waals surface area contributed by atoms with Crippen LogP contribution in [0.15, 0.2) is 31.0 Å². The van der Waals surface area contributed by atoms with Gasteiger partial charge in [0.25, 0.3) is 0 Å². The number of nitrogens with one attached hydrogen (secondary N) is 2. The molecule has 6 nitrogen and oxygen atoms in total. The van der Waals surface area contributed by atoms with Gasteiger partial charge in [0.05, 0.1) is 17.9 Å². The van der Waals surface area contributed by atoms with Gasteiger partial charge < -0.3 is 10.3 Å². The van der Waals surface area contributed by atoms with E-state index in [4.69, 9.17) is 0 Å². The molecule has 114 valence electrons. The molecular formula is C16H20N6. The molecule has 1 atom stereocenters. The summed E-state index contributed by atoms with van der Waals surface area (Å²) in [5, 5.41) is 8.95. The van der Waals surface area contributed by atoms with Crippen LogP contribution < -0.4 is 5.32 Å². The summed E-state index contributed by atoms with van der Waals surface area (Å²) in [6.45, 7) is 0.953. The molecule has 3 heterocycles. The predicted molar refractivity (Wildman–Crippen MR) is 85.4 cm³/mol. The van der Waals surface area contributed by atoms with E-state index in [0.29, 0.717) is 6.04 Å². The Balaban J connectivity index is 1.69. The number of nitrogens with zero attached hydrogens (tertiary/aromatic N) is 4. The summed E-state index contributed by atoms with van der Waals surface area (Å²) >= 11 is 0. The van der Waals surface area contributed by atoms with Crippen molar-refractivity contribution < 1.29 is 0 Å². The smallest absolute Gasteiger partial charge is 0.141 e. The average Bonchev–Trinajstić information content (AvgIpc) is 3.13. The van der Waals surface area contributed by atoms with Crippen LogP contribution in [0, 0.1) is 5.92 Å². The van der Waals surface area contributed by atoms with Gasteiger partial charge >= 0.3 is 0 Å². The molecule has 1 aliphatic carbocycles. The predicted octanol–water partition coefficient (Wildman–Crippen LogP) is 2.38. The van der Waals surface area contributed by atoms with Crippen molar-refractivity contribution in [3.63, 3.8) is 0 Å². The van der Waals surface area contributed by atoms with Crippen molar-refractivity contribution in [1.29, 1.82) is 0 Å². The number of likely N-dealkylation sites (N-methyl/N-ethyl adjacent to an activating group) is 1. The number of aromatic amines is 1. The minimum atomic E-state index is 0.427.